The molecule has 0 amide bonds. The van der Waals surface area contributed by atoms with Crippen LogP contribution in [0.2, 0.25) is 0 Å². The van der Waals surface area contributed by atoms with Gasteiger partial charge in [0.25, 0.3) is 0 Å². The molecule has 1 aliphatic carbocycles. The number of carbonyl (C=O) groups excluding carboxylic acids is 1. The summed E-state index contributed by atoms with van der Waals surface area (Å²) >= 11 is 0. The first-order valence-electron chi connectivity index (χ1n) is 10.3. The van der Waals surface area contributed by atoms with Crippen molar-refractivity contribution in [3.05, 3.63) is 12.3 Å². The van der Waals surface area contributed by atoms with Crippen LogP contribution in [-0.2, 0) is 4.79 Å². The highest BCUT2D eigenvalue weighted by Gasteiger charge is 2.30. The number of Topliss-reactive ketones (excluding diaryl/α,β-unsaturated/α-hetero) is 1. The van der Waals surface area contributed by atoms with Gasteiger partial charge in [-0.25, -0.2) is 14.4 Å². The number of rotatable bonds is 6. The molecule has 0 saturated heterocycles. The Balaban J connectivity index is 2.12. The number of ketones is 1. The van der Waals surface area contributed by atoms with E-state index in [0.29, 0.717) is 43.3 Å². The fraction of sp³-hybridized carbons (Fsp3) is 0.773. The van der Waals surface area contributed by atoms with Crippen LogP contribution in [-0.4, -0.2) is 34.1 Å². The van der Waals surface area contributed by atoms with E-state index in [0.717, 1.165) is 42.9 Å². The molecule has 1 saturated carbocycles. The molecule has 4 nitrogen and oxygen atoms in total. The molecule has 0 aromatic carbocycles. The van der Waals surface area contributed by atoms with E-state index >= 15 is 0 Å². The second-order valence-corrected chi connectivity index (χ2v) is 9.25. The number of allylic oxidation sites excluding steroid dienone is 1. The third-order valence-corrected chi connectivity index (χ3v) is 5.42. The molecule has 1 aliphatic heterocycles. The third-order valence-electron chi connectivity index (χ3n) is 5.42. The number of amidine groups is 1. The molecular weight excluding hydrogens is 341 g/mol. The minimum absolute atomic E-state index is 0.209. The maximum absolute atomic E-state index is 13.8. The summed E-state index contributed by atoms with van der Waals surface area (Å²) in [5, 5.41) is 6.77. The molecule has 0 N–H and O–H groups in total. The SMILES string of the molecule is C=C(C)/N=C(/CC1CCC(C)CC(=O)C1)N1N=C(CCC(C)(C)F)CC1C. The molecule has 152 valence electrons. The molecule has 1 heterocycles. The van der Waals surface area contributed by atoms with Crippen LogP contribution < -0.4 is 0 Å². The zero-order valence-electron chi connectivity index (χ0n) is 17.7. The number of carbonyl (C=O) groups is 1. The van der Waals surface area contributed by atoms with Crippen molar-refractivity contribution in [1.29, 1.82) is 0 Å². The summed E-state index contributed by atoms with van der Waals surface area (Å²) in [6, 6.07) is 0.209. The number of halogens is 1. The predicted octanol–water partition coefficient (Wildman–Crippen LogP) is 5.68. The van der Waals surface area contributed by atoms with E-state index in [9.17, 15) is 9.18 Å². The number of alkyl halides is 1. The van der Waals surface area contributed by atoms with Gasteiger partial charge >= 0.3 is 0 Å². The third kappa shape index (κ3) is 7.19. The van der Waals surface area contributed by atoms with Crippen LogP contribution in [0, 0.1) is 11.8 Å². The molecule has 0 aromatic rings. The van der Waals surface area contributed by atoms with Crippen molar-refractivity contribution in [2.45, 2.75) is 97.7 Å². The van der Waals surface area contributed by atoms with E-state index < -0.39 is 5.67 Å². The van der Waals surface area contributed by atoms with Gasteiger partial charge in [0.05, 0.1) is 6.04 Å². The molecule has 0 radical (unpaired) electrons. The summed E-state index contributed by atoms with van der Waals surface area (Å²) in [5.41, 5.74) is 0.609. The smallest absolute Gasteiger partial charge is 0.133 e. The van der Waals surface area contributed by atoms with Gasteiger partial charge in [-0.3, -0.25) is 4.79 Å². The fourth-order valence-corrected chi connectivity index (χ4v) is 3.99. The van der Waals surface area contributed by atoms with Gasteiger partial charge in [-0.05, 0) is 65.2 Å². The topological polar surface area (TPSA) is 45.0 Å². The fourth-order valence-electron chi connectivity index (χ4n) is 3.99. The molecular formula is C22H36FN3O. The lowest BCUT2D eigenvalue weighted by Gasteiger charge is -2.25. The Morgan fingerprint density at radius 2 is 2.00 bits per heavy atom. The minimum Gasteiger partial charge on any atom is -0.300 e. The largest absolute Gasteiger partial charge is 0.300 e. The first-order valence-corrected chi connectivity index (χ1v) is 10.3. The van der Waals surface area contributed by atoms with Gasteiger partial charge in [-0.1, -0.05) is 13.5 Å². The summed E-state index contributed by atoms with van der Waals surface area (Å²) in [5.74, 6) is 2.06. The molecule has 3 atom stereocenters. The van der Waals surface area contributed by atoms with Gasteiger partial charge in [-0.15, -0.1) is 0 Å². The second kappa shape index (κ2) is 9.11. The van der Waals surface area contributed by atoms with Gasteiger partial charge in [-0.2, -0.15) is 5.10 Å². The average Bonchev–Trinajstić information content (AvgIpc) is 2.81. The number of aliphatic imine (C=N–C) groups is 1. The quantitative estimate of drug-likeness (QED) is 0.339. The molecule has 0 aromatic heterocycles. The second-order valence-electron chi connectivity index (χ2n) is 9.25. The van der Waals surface area contributed by atoms with Crippen LogP contribution in [0.5, 0.6) is 0 Å². The molecule has 3 unspecified atom stereocenters. The summed E-state index contributed by atoms with van der Waals surface area (Å²) < 4.78 is 13.8. The molecule has 5 heteroatoms. The Morgan fingerprint density at radius 3 is 2.63 bits per heavy atom. The normalized spacial score (nSPS) is 27.6. The molecule has 1 fully saturated rings. The van der Waals surface area contributed by atoms with Crippen molar-refractivity contribution in [1.82, 2.24) is 5.01 Å². The van der Waals surface area contributed by atoms with Crippen molar-refractivity contribution >= 4 is 17.3 Å². The zero-order chi connectivity index (χ0) is 20.2. The van der Waals surface area contributed by atoms with E-state index in [1.165, 1.54) is 0 Å². The number of nitrogens with zero attached hydrogens (tertiary/aromatic N) is 3. The van der Waals surface area contributed by atoms with Crippen molar-refractivity contribution < 1.29 is 9.18 Å². The van der Waals surface area contributed by atoms with E-state index in [-0.39, 0.29) is 6.04 Å². The van der Waals surface area contributed by atoms with Crippen molar-refractivity contribution in [2.75, 3.05) is 0 Å². The first kappa shape index (κ1) is 21.8. The summed E-state index contributed by atoms with van der Waals surface area (Å²) in [4.78, 5) is 16.9. The monoisotopic (exact) mass is 377 g/mol. The number of hydrogen-bond acceptors (Lipinski definition) is 3. The van der Waals surface area contributed by atoms with Gasteiger partial charge in [0.1, 0.15) is 17.3 Å². The lowest BCUT2D eigenvalue weighted by Crippen LogP contribution is -2.32. The van der Waals surface area contributed by atoms with Crippen LogP contribution in [0.15, 0.2) is 22.4 Å². The van der Waals surface area contributed by atoms with Crippen LogP contribution in [0.3, 0.4) is 0 Å². The summed E-state index contributed by atoms with van der Waals surface area (Å²) in [7, 11) is 0. The Bertz CT molecular complexity index is 618. The highest BCUT2D eigenvalue weighted by Crippen LogP contribution is 2.30. The van der Waals surface area contributed by atoms with E-state index in [1.54, 1.807) is 13.8 Å². The van der Waals surface area contributed by atoms with Crippen molar-refractivity contribution in [2.24, 2.45) is 21.9 Å². The Morgan fingerprint density at radius 1 is 1.30 bits per heavy atom. The van der Waals surface area contributed by atoms with E-state index in [1.807, 2.05) is 11.9 Å². The van der Waals surface area contributed by atoms with Gasteiger partial charge in [0.15, 0.2) is 0 Å². The Labute approximate surface area is 164 Å². The lowest BCUT2D eigenvalue weighted by molar-refractivity contribution is -0.120. The summed E-state index contributed by atoms with van der Waals surface area (Å²) in [6.07, 6.45) is 6.22. The maximum atomic E-state index is 13.8. The first-order chi connectivity index (χ1) is 12.5. The van der Waals surface area contributed by atoms with Crippen LogP contribution in [0.1, 0.15) is 86.0 Å². The number of hydrazone groups is 1. The van der Waals surface area contributed by atoms with E-state index in [4.69, 9.17) is 5.10 Å². The van der Waals surface area contributed by atoms with Gasteiger partial charge in [0, 0.05) is 37.1 Å². The van der Waals surface area contributed by atoms with Crippen LogP contribution in [0.25, 0.3) is 0 Å². The van der Waals surface area contributed by atoms with Gasteiger partial charge in [0.2, 0.25) is 0 Å². The summed E-state index contributed by atoms with van der Waals surface area (Å²) in [6.45, 7) is 13.3. The molecule has 2 rings (SSSR count). The minimum atomic E-state index is -1.18. The van der Waals surface area contributed by atoms with E-state index in [2.05, 4.69) is 25.4 Å². The zero-order valence-corrected chi connectivity index (χ0v) is 17.7. The maximum Gasteiger partial charge on any atom is 0.133 e. The Kier molecular flexibility index (Phi) is 7.35. The van der Waals surface area contributed by atoms with Crippen molar-refractivity contribution in [3.63, 3.8) is 0 Å². The van der Waals surface area contributed by atoms with Crippen LogP contribution >= 0.6 is 0 Å². The molecule has 0 bridgehead atoms. The highest BCUT2D eigenvalue weighted by molar-refractivity contribution is 5.92. The van der Waals surface area contributed by atoms with Crippen LogP contribution in [0.4, 0.5) is 4.39 Å². The molecule has 27 heavy (non-hydrogen) atoms. The Hall–Kier alpha value is -1.52. The molecule has 0 spiro atoms. The lowest BCUT2D eigenvalue weighted by atomic mass is 9.94. The molecule has 2 aliphatic rings. The van der Waals surface area contributed by atoms with Gasteiger partial charge < -0.3 is 0 Å². The standard InChI is InChI=1S/C22H36FN3O/c1-15(2)24-21(14-18-8-7-16(3)11-20(27)13-18)26-17(4)12-19(25-26)9-10-22(5,6)23/h16-18H,1,7-14H2,2-6H3/b24-21-. The van der Waals surface area contributed by atoms with Crippen molar-refractivity contribution in [3.8, 4) is 0 Å². The highest BCUT2D eigenvalue weighted by atomic mass is 19.1. The number of hydrogen-bond donors (Lipinski definition) is 0. The average molecular weight is 378 g/mol. The predicted molar refractivity (Wildman–Crippen MR) is 111 cm³/mol.